The third-order valence-corrected chi connectivity index (χ3v) is 4.49. The monoisotopic (exact) mass is 308 g/mol. The summed E-state index contributed by atoms with van der Waals surface area (Å²) in [6, 6.07) is 8.78. The van der Waals surface area contributed by atoms with E-state index in [4.69, 9.17) is 0 Å². The van der Waals surface area contributed by atoms with Crippen molar-refractivity contribution in [3.05, 3.63) is 35.9 Å². The van der Waals surface area contributed by atoms with Gasteiger partial charge in [-0.15, -0.1) is 0 Å². The summed E-state index contributed by atoms with van der Waals surface area (Å²) in [5.41, 5.74) is 1.15. The Morgan fingerprint density at radius 3 is 2.76 bits per heavy atom. The summed E-state index contributed by atoms with van der Waals surface area (Å²) in [6.07, 6.45) is 1.73. The number of hydrogen-bond acceptors (Lipinski definition) is 4. The number of rotatable bonds is 7. The van der Waals surface area contributed by atoms with E-state index < -0.39 is 12.0 Å². The Bertz CT molecular complexity index is 475. The molecule has 0 spiro atoms. The lowest BCUT2D eigenvalue weighted by Crippen LogP contribution is -2.49. The molecule has 1 amide bonds. The Morgan fingerprint density at radius 1 is 1.38 bits per heavy atom. The minimum absolute atomic E-state index is 0.208. The van der Waals surface area contributed by atoms with Crippen LogP contribution in [0.2, 0.25) is 0 Å². The highest BCUT2D eigenvalue weighted by Crippen LogP contribution is 2.13. The first-order chi connectivity index (χ1) is 10.2. The normalized spacial score (nSPS) is 19.1. The van der Waals surface area contributed by atoms with Crippen LogP contribution in [0.25, 0.3) is 0 Å². The first-order valence-corrected chi connectivity index (χ1v) is 8.20. The van der Waals surface area contributed by atoms with Gasteiger partial charge < -0.3 is 15.7 Å². The fourth-order valence-electron chi connectivity index (χ4n) is 2.22. The lowest BCUT2D eigenvalue weighted by molar-refractivity contribution is -0.141. The number of benzene rings is 1. The average molecular weight is 308 g/mol. The molecule has 114 valence electrons. The summed E-state index contributed by atoms with van der Waals surface area (Å²) < 4.78 is 0. The zero-order chi connectivity index (χ0) is 15.1. The maximum absolute atomic E-state index is 11.9. The Balaban J connectivity index is 1.79. The molecule has 0 radical (unpaired) electrons. The van der Waals surface area contributed by atoms with E-state index in [1.807, 2.05) is 30.3 Å². The first-order valence-electron chi connectivity index (χ1n) is 7.05. The van der Waals surface area contributed by atoms with Gasteiger partial charge in [-0.25, -0.2) is 4.79 Å². The predicted octanol–water partition coefficient (Wildman–Crippen LogP) is 1.24. The standard InChI is InChI=1S/C15H20N2O3S/c18-14(12-7-4-8-16-12)17-13(15(19)20)10-21-9-11-5-2-1-3-6-11/h1-3,5-6,12-13,16H,4,7-10H2,(H,17,18)(H,19,20)/t12-,13-/m0/s1. The van der Waals surface area contributed by atoms with Gasteiger partial charge in [0, 0.05) is 11.5 Å². The van der Waals surface area contributed by atoms with Gasteiger partial charge in [0.1, 0.15) is 6.04 Å². The van der Waals surface area contributed by atoms with Crippen LogP contribution < -0.4 is 10.6 Å². The molecule has 5 nitrogen and oxygen atoms in total. The van der Waals surface area contributed by atoms with Gasteiger partial charge in [0.05, 0.1) is 6.04 Å². The molecule has 21 heavy (non-hydrogen) atoms. The molecule has 0 bridgehead atoms. The number of carboxylic acids is 1. The quantitative estimate of drug-likeness (QED) is 0.706. The third kappa shape index (κ3) is 5.06. The van der Waals surface area contributed by atoms with Crippen LogP contribution >= 0.6 is 11.8 Å². The van der Waals surface area contributed by atoms with E-state index in [2.05, 4.69) is 10.6 Å². The van der Waals surface area contributed by atoms with Crippen LogP contribution in [0, 0.1) is 0 Å². The van der Waals surface area contributed by atoms with Crippen LogP contribution in [-0.2, 0) is 15.3 Å². The Kier molecular flexibility index (Phi) is 6.07. The molecule has 1 aliphatic rings. The maximum atomic E-state index is 11.9. The molecule has 1 aromatic carbocycles. The number of carbonyl (C=O) groups is 2. The van der Waals surface area contributed by atoms with Crippen molar-refractivity contribution >= 4 is 23.6 Å². The van der Waals surface area contributed by atoms with Gasteiger partial charge in [-0.05, 0) is 24.9 Å². The van der Waals surface area contributed by atoms with Crippen molar-refractivity contribution in [2.45, 2.75) is 30.7 Å². The minimum atomic E-state index is -0.984. The topological polar surface area (TPSA) is 78.4 Å². The van der Waals surface area contributed by atoms with Crippen LogP contribution in [0.5, 0.6) is 0 Å². The Labute approximate surface area is 128 Å². The molecule has 1 aromatic rings. The van der Waals surface area contributed by atoms with Crippen LogP contribution in [0.1, 0.15) is 18.4 Å². The molecular weight excluding hydrogens is 288 g/mol. The van der Waals surface area contributed by atoms with Crippen LogP contribution in [0.15, 0.2) is 30.3 Å². The highest BCUT2D eigenvalue weighted by Gasteiger charge is 2.26. The van der Waals surface area contributed by atoms with Gasteiger partial charge in [-0.1, -0.05) is 30.3 Å². The number of amides is 1. The fourth-order valence-corrected chi connectivity index (χ4v) is 3.23. The molecule has 2 rings (SSSR count). The number of hydrogen-bond donors (Lipinski definition) is 3. The van der Waals surface area contributed by atoms with Crippen molar-refractivity contribution in [1.82, 2.24) is 10.6 Å². The first kappa shape index (κ1) is 15.9. The van der Waals surface area contributed by atoms with Crippen molar-refractivity contribution in [3.8, 4) is 0 Å². The molecule has 2 atom stereocenters. The van der Waals surface area contributed by atoms with E-state index in [1.165, 1.54) is 11.8 Å². The van der Waals surface area contributed by atoms with E-state index in [0.29, 0.717) is 5.75 Å². The molecule has 0 unspecified atom stereocenters. The smallest absolute Gasteiger partial charge is 0.327 e. The van der Waals surface area contributed by atoms with E-state index >= 15 is 0 Å². The van der Waals surface area contributed by atoms with Gasteiger partial charge in [0.15, 0.2) is 0 Å². The zero-order valence-electron chi connectivity index (χ0n) is 11.7. The van der Waals surface area contributed by atoms with Crippen LogP contribution in [0.4, 0.5) is 0 Å². The molecule has 0 saturated carbocycles. The molecule has 0 aliphatic carbocycles. The Morgan fingerprint density at radius 2 is 2.14 bits per heavy atom. The summed E-state index contributed by atoms with van der Waals surface area (Å²) in [5, 5.41) is 14.9. The highest BCUT2D eigenvalue weighted by molar-refractivity contribution is 7.98. The Hall–Kier alpha value is -1.53. The van der Waals surface area contributed by atoms with Crippen molar-refractivity contribution in [1.29, 1.82) is 0 Å². The maximum Gasteiger partial charge on any atom is 0.327 e. The van der Waals surface area contributed by atoms with Gasteiger partial charge in [0.2, 0.25) is 5.91 Å². The minimum Gasteiger partial charge on any atom is -0.480 e. The molecule has 0 aromatic heterocycles. The van der Waals surface area contributed by atoms with E-state index in [9.17, 15) is 14.7 Å². The van der Waals surface area contributed by atoms with Gasteiger partial charge >= 0.3 is 5.97 Å². The lowest BCUT2D eigenvalue weighted by Gasteiger charge is -2.17. The third-order valence-electron chi connectivity index (χ3n) is 3.39. The molecule has 3 N–H and O–H groups in total. The predicted molar refractivity (Wildman–Crippen MR) is 83.2 cm³/mol. The molecule has 1 heterocycles. The van der Waals surface area contributed by atoms with E-state index in [1.54, 1.807) is 0 Å². The van der Waals surface area contributed by atoms with Gasteiger partial charge in [0.25, 0.3) is 0 Å². The second-order valence-electron chi connectivity index (χ2n) is 5.05. The average Bonchev–Trinajstić information content (AvgIpc) is 3.01. The van der Waals surface area contributed by atoms with Crippen molar-refractivity contribution in [2.24, 2.45) is 0 Å². The number of carbonyl (C=O) groups excluding carboxylic acids is 1. The van der Waals surface area contributed by atoms with Crippen molar-refractivity contribution in [2.75, 3.05) is 12.3 Å². The number of nitrogens with one attached hydrogen (secondary N) is 2. The zero-order valence-corrected chi connectivity index (χ0v) is 12.6. The summed E-state index contributed by atoms with van der Waals surface area (Å²) in [5.74, 6) is -0.0904. The second kappa shape index (κ2) is 8.05. The summed E-state index contributed by atoms with van der Waals surface area (Å²) in [6.45, 7) is 0.818. The molecule has 1 aliphatic heterocycles. The van der Waals surface area contributed by atoms with Crippen LogP contribution in [0.3, 0.4) is 0 Å². The van der Waals surface area contributed by atoms with E-state index in [-0.39, 0.29) is 11.9 Å². The molecule has 1 fully saturated rings. The lowest BCUT2D eigenvalue weighted by atomic mass is 10.2. The number of aliphatic carboxylic acids is 1. The fraction of sp³-hybridized carbons (Fsp3) is 0.467. The van der Waals surface area contributed by atoms with Crippen molar-refractivity contribution in [3.63, 3.8) is 0 Å². The SMILES string of the molecule is O=C(O)[C@H](CSCc1ccccc1)NC(=O)[C@@H]1CCCN1. The second-order valence-corrected chi connectivity index (χ2v) is 6.08. The summed E-state index contributed by atoms with van der Waals surface area (Å²) >= 11 is 1.51. The highest BCUT2D eigenvalue weighted by atomic mass is 32.2. The number of carboxylic acid groups (broad SMARTS) is 1. The summed E-state index contributed by atoms with van der Waals surface area (Å²) in [4.78, 5) is 23.2. The molecular formula is C15H20N2O3S. The molecule has 6 heteroatoms. The van der Waals surface area contributed by atoms with Crippen molar-refractivity contribution < 1.29 is 14.7 Å². The van der Waals surface area contributed by atoms with Gasteiger partial charge in [-0.3, -0.25) is 4.79 Å². The van der Waals surface area contributed by atoms with Crippen LogP contribution in [-0.4, -0.2) is 41.4 Å². The van der Waals surface area contributed by atoms with Gasteiger partial charge in [-0.2, -0.15) is 11.8 Å². The number of thioether (sulfide) groups is 1. The van der Waals surface area contributed by atoms with E-state index in [0.717, 1.165) is 30.7 Å². The molecule has 1 saturated heterocycles. The largest absolute Gasteiger partial charge is 0.480 e. The summed E-state index contributed by atoms with van der Waals surface area (Å²) in [7, 11) is 0.